The third kappa shape index (κ3) is 52.6. The number of esters is 1. The van der Waals surface area contributed by atoms with E-state index in [0.717, 1.165) is 38.5 Å². The Morgan fingerprint density at radius 2 is 0.667 bits per heavy atom. The number of unbranched alkanes of at least 4 members (excludes halogenated alkanes) is 43. The zero-order chi connectivity index (χ0) is 50.6. The van der Waals surface area contributed by atoms with E-state index in [1.54, 1.807) is 0 Å². The summed E-state index contributed by atoms with van der Waals surface area (Å²) < 4.78 is 27.0. The standard InChI is InChI=1S/C57H112NO10P/c1-3-5-7-9-11-13-15-17-19-21-23-25-26-27-29-30-32-34-36-38-40-42-44-46-48-55(60)58-54(57(62)63)52-68-69(64,65)67-51-53(59)50-66-56(61)49-47-45-43-41-39-37-35-33-31-28-24-22-20-18-16-14-12-10-8-6-4-2/h53-54,59H,3-52H2,1-2H3,(H,58,60)(H,62,63)(H,64,65). The Bertz CT molecular complexity index is 1170. The fraction of sp³-hybridized carbons (Fsp3) is 0.947. The van der Waals surface area contributed by atoms with Crippen molar-refractivity contribution in [1.82, 2.24) is 5.32 Å². The second kappa shape index (κ2) is 52.8. The number of rotatable bonds is 57. The van der Waals surface area contributed by atoms with Crippen LogP contribution in [-0.4, -0.2) is 64.9 Å². The van der Waals surface area contributed by atoms with Crippen LogP contribution in [0.4, 0.5) is 0 Å². The fourth-order valence-electron chi connectivity index (χ4n) is 9.09. The topological polar surface area (TPSA) is 169 Å². The van der Waals surface area contributed by atoms with Gasteiger partial charge in [-0.15, -0.1) is 0 Å². The molecule has 0 aromatic rings. The van der Waals surface area contributed by atoms with Gasteiger partial charge in [0.05, 0.1) is 13.2 Å². The molecule has 3 unspecified atom stereocenters. The third-order valence-corrected chi connectivity index (χ3v) is 14.6. The molecule has 0 radical (unpaired) electrons. The summed E-state index contributed by atoms with van der Waals surface area (Å²) in [7, 11) is -4.76. The maximum absolute atomic E-state index is 12.4. The maximum Gasteiger partial charge on any atom is 0.472 e. The molecule has 0 bridgehead atoms. The molecule has 0 fully saturated rings. The molecule has 0 saturated heterocycles. The average Bonchev–Trinajstić information content (AvgIpc) is 3.33. The Morgan fingerprint density at radius 1 is 0.406 bits per heavy atom. The van der Waals surface area contributed by atoms with Gasteiger partial charge in [-0.2, -0.15) is 0 Å². The zero-order valence-electron chi connectivity index (χ0n) is 45.2. The van der Waals surface area contributed by atoms with Crippen LogP contribution in [0, 0.1) is 0 Å². The normalized spacial score (nSPS) is 13.3. The summed E-state index contributed by atoms with van der Waals surface area (Å²) in [5.74, 6) is -2.34. The maximum atomic E-state index is 12.4. The van der Waals surface area contributed by atoms with Crippen LogP contribution in [0.2, 0.25) is 0 Å². The number of hydrogen-bond acceptors (Lipinski definition) is 8. The van der Waals surface area contributed by atoms with E-state index >= 15 is 0 Å². The molecule has 4 N–H and O–H groups in total. The molecule has 0 rings (SSSR count). The van der Waals surface area contributed by atoms with Gasteiger partial charge in [0, 0.05) is 12.8 Å². The number of aliphatic hydroxyl groups excluding tert-OH is 1. The zero-order valence-corrected chi connectivity index (χ0v) is 46.1. The highest BCUT2D eigenvalue weighted by Crippen LogP contribution is 2.43. The molecule has 1 amide bonds. The van der Waals surface area contributed by atoms with Crippen molar-refractivity contribution in [2.24, 2.45) is 0 Å². The van der Waals surface area contributed by atoms with Gasteiger partial charge < -0.3 is 25.2 Å². The molecule has 69 heavy (non-hydrogen) atoms. The number of phosphoric acid groups is 1. The molecule has 0 aromatic heterocycles. The number of phosphoric ester groups is 1. The molecular weight excluding hydrogens is 890 g/mol. The quantitative estimate of drug-likeness (QED) is 0.0261. The van der Waals surface area contributed by atoms with Gasteiger partial charge >= 0.3 is 19.8 Å². The van der Waals surface area contributed by atoms with Gasteiger partial charge in [0.25, 0.3) is 0 Å². The molecular formula is C57H112NO10P. The number of amides is 1. The van der Waals surface area contributed by atoms with Crippen LogP contribution in [-0.2, 0) is 32.7 Å². The Balaban J connectivity index is 3.71. The first-order chi connectivity index (χ1) is 33.6. The minimum Gasteiger partial charge on any atom is -0.480 e. The Morgan fingerprint density at radius 3 is 0.957 bits per heavy atom. The van der Waals surface area contributed by atoms with Crippen LogP contribution in [0.25, 0.3) is 0 Å². The van der Waals surface area contributed by atoms with Crippen LogP contribution in [0.1, 0.15) is 316 Å². The Hall–Kier alpha value is -1.52. The van der Waals surface area contributed by atoms with Gasteiger partial charge in [0.2, 0.25) is 5.91 Å². The minimum absolute atomic E-state index is 0.154. The first kappa shape index (κ1) is 67.5. The monoisotopic (exact) mass is 1000 g/mol. The molecule has 0 aromatic carbocycles. The molecule has 410 valence electrons. The van der Waals surface area contributed by atoms with Gasteiger partial charge in [-0.25, -0.2) is 9.36 Å². The molecule has 0 spiro atoms. The molecule has 11 nitrogen and oxygen atoms in total. The lowest BCUT2D eigenvalue weighted by molar-refractivity contribution is -0.147. The van der Waals surface area contributed by atoms with Crippen molar-refractivity contribution in [1.29, 1.82) is 0 Å². The van der Waals surface area contributed by atoms with Crippen molar-refractivity contribution in [3.05, 3.63) is 0 Å². The summed E-state index contributed by atoms with van der Waals surface area (Å²) in [5, 5.41) is 22.0. The molecule has 0 saturated carbocycles. The molecule has 0 aliphatic rings. The van der Waals surface area contributed by atoms with E-state index < -0.39 is 57.6 Å². The Kier molecular flexibility index (Phi) is 51.6. The van der Waals surface area contributed by atoms with Crippen LogP contribution < -0.4 is 5.32 Å². The van der Waals surface area contributed by atoms with E-state index in [2.05, 4.69) is 19.2 Å². The lowest BCUT2D eigenvalue weighted by Crippen LogP contribution is -2.43. The molecule has 0 aliphatic carbocycles. The van der Waals surface area contributed by atoms with Crippen molar-refractivity contribution in [3.63, 3.8) is 0 Å². The SMILES string of the molecule is CCCCCCCCCCCCCCCCCCCCCCCCCCC(=O)NC(COP(=O)(O)OCC(O)COC(=O)CCCCCCCCCCCCCCCCCCCCCCC)C(=O)O. The van der Waals surface area contributed by atoms with Gasteiger partial charge in [-0.1, -0.05) is 290 Å². The van der Waals surface area contributed by atoms with Crippen LogP contribution >= 0.6 is 7.82 Å². The number of hydrogen-bond donors (Lipinski definition) is 4. The average molecular weight is 1000 g/mol. The van der Waals surface area contributed by atoms with Crippen molar-refractivity contribution in [2.75, 3.05) is 19.8 Å². The lowest BCUT2D eigenvalue weighted by Gasteiger charge is -2.18. The predicted octanol–water partition coefficient (Wildman–Crippen LogP) is 17.0. The number of ether oxygens (including phenoxy) is 1. The summed E-state index contributed by atoms with van der Waals surface area (Å²) >= 11 is 0. The second-order valence-electron chi connectivity index (χ2n) is 20.6. The van der Waals surface area contributed by atoms with Crippen LogP contribution in [0.3, 0.4) is 0 Å². The van der Waals surface area contributed by atoms with Gasteiger partial charge in [0.1, 0.15) is 12.7 Å². The van der Waals surface area contributed by atoms with E-state index in [1.165, 1.54) is 238 Å². The number of aliphatic hydroxyl groups is 1. The first-order valence-electron chi connectivity index (χ1n) is 29.6. The summed E-state index contributed by atoms with van der Waals surface area (Å²) in [4.78, 5) is 46.3. The smallest absolute Gasteiger partial charge is 0.472 e. The number of carboxylic acid groups (broad SMARTS) is 1. The summed E-state index contributed by atoms with van der Waals surface area (Å²) in [5.41, 5.74) is 0. The largest absolute Gasteiger partial charge is 0.480 e. The van der Waals surface area contributed by atoms with E-state index in [-0.39, 0.29) is 12.8 Å². The second-order valence-corrected chi connectivity index (χ2v) is 22.0. The van der Waals surface area contributed by atoms with Crippen molar-refractivity contribution < 1.29 is 47.8 Å². The fourth-order valence-corrected chi connectivity index (χ4v) is 9.86. The number of carbonyl (C=O) groups is 3. The van der Waals surface area contributed by atoms with Crippen molar-refractivity contribution in [2.45, 2.75) is 328 Å². The van der Waals surface area contributed by atoms with Gasteiger partial charge in [-0.05, 0) is 12.8 Å². The number of nitrogens with one attached hydrogen (secondary N) is 1. The molecule has 3 atom stereocenters. The summed E-state index contributed by atoms with van der Waals surface area (Å²) in [6.07, 6.45) is 57.1. The van der Waals surface area contributed by atoms with Crippen LogP contribution in [0.15, 0.2) is 0 Å². The van der Waals surface area contributed by atoms with Crippen molar-refractivity contribution in [3.8, 4) is 0 Å². The van der Waals surface area contributed by atoms with Gasteiger partial charge in [-0.3, -0.25) is 18.6 Å². The molecule has 0 heterocycles. The highest BCUT2D eigenvalue weighted by atomic mass is 31.2. The number of aliphatic carboxylic acids is 1. The number of carbonyl (C=O) groups excluding carboxylic acids is 2. The highest BCUT2D eigenvalue weighted by Gasteiger charge is 2.28. The van der Waals surface area contributed by atoms with E-state index in [4.69, 9.17) is 13.8 Å². The highest BCUT2D eigenvalue weighted by molar-refractivity contribution is 7.47. The Labute approximate surface area is 424 Å². The first-order valence-corrected chi connectivity index (χ1v) is 31.1. The number of carboxylic acids is 1. The predicted molar refractivity (Wildman–Crippen MR) is 287 cm³/mol. The van der Waals surface area contributed by atoms with E-state index in [0.29, 0.717) is 12.8 Å². The molecule has 12 heteroatoms. The summed E-state index contributed by atoms with van der Waals surface area (Å²) in [6.45, 7) is 2.68. The minimum atomic E-state index is -4.76. The summed E-state index contributed by atoms with van der Waals surface area (Å²) in [6, 6.07) is -1.54. The van der Waals surface area contributed by atoms with Crippen molar-refractivity contribution >= 4 is 25.7 Å². The van der Waals surface area contributed by atoms with Crippen LogP contribution in [0.5, 0.6) is 0 Å². The lowest BCUT2D eigenvalue weighted by atomic mass is 10.0. The van der Waals surface area contributed by atoms with Gasteiger partial charge in [0.15, 0.2) is 6.04 Å². The third-order valence-electron chi connectivity index (χ3n) is 13.6. The van der Waals surface area contributed by atoms with E-state index in [9.17, 15) is 34.1 Å². The molecule has 0 aliphatic heterocycles. The van der Waals surface area contributed by atoms with E-state index in [1.807, 2.05) is 0 Å².